The second kappa shape index (κ2) is 6.38. The predicted octanol–water partition coefficient (Wildman–Crippen LogP) is 0.961. The minimum Gasteiger partial charge on any atom is -0.338 e. The lowest BCUT2D eigenvalue weighted by Gasteiger charge is -2.10. The summed E-state index contributed by atoms with van der Waals surface area (Å²) in [6.07, 6.45) is 4.06. The Morgan fingerprint density at radius 2 is 2.19 bits per heavy atom. The standard InChI is InChI=1S/C14H20N4O2S/c1-11(15)12-4-3-5-13(10-12)21(19,20)17-7-6-14-16-8-9-18(14)2/h3-5,8-11,17H,6-7,15H2,1-2H3. The van der Waals surface area contributed by atoms with E-state index in [9.17, 15) is 8.42 Å². The molecule has 21 heavy (non-hydrogen) atoms. The molecule has 1 atom stereocenters. The van der Waals surface area contributed by atoms with Crippen LogP contribution in [0.4, 0.5) is 0 Å². The smallest absolute Gasteiger partial charge is 0.240 e. The van der Waals surface area contributed by atoms with Crippen molar-refractivity contribution in [1.29, 1.82) is 0 Å². The molecule has 0 aliphatic heterocycles. The van der Waals surface area contributed by atoms with Gasteiger partial charge in [0.05, 0.1) is 4.90 Å². The van der Waals surface area contributed by atoms with E-state index in [1.165, 1.54) is 0 Å². The van der Waals surface area contributed by atoms with Crippen LogP contribution in [-0.2, 0) is 23.5 Å². The van der Waals surface area contributed by atoms with Crippen LogP contribution in [-0.4, -0.2) is 24.5 Å². The minimum absolute atomic E-state index is 0.201. The fourth-order valence-electron chi connectivity index (χ4n) is 1.98. The lowest BCUT2D eigenvalue weighted by atomic mass is 10.1. The van der Waals surface area contributed by atoms with Gasteiger partial charge in [-0.15, -0.1) is 0 Å². The van der Waals surface area contributed by atoms with Gasteiger partial charge in [-0.1, -0.05) is 12.1 Å². The molecule has 0 saturated carbocycles. The molecule has 0 aliphatic carbocycles. The van der Waals surface area contributed by atoms with Crippen LogP contribution < -0.4 is 10.5 Å². The molecule has 0 bridgehead atoms. The first-order valence-corrected chi connectivity index (χ1v) is 8.20. The Balaban J connectivity index is 2.05. The van der Waals surface area contributed by atoms with E-state index < -0.39 is 10.0 Å². The van der Waals surface area contributed by atoms with E-state index in [2.05, 4.69) is 9.71 Å². The average molecular weight is 308 g/mol. The van der Waals surface area contributed by atoms with E-state index in [1.807, 2.05) is 30.8 Å². The molecule has 2 aromatic rings. The molecule has 0 radical (unpaired) electrons. The van der Waals surface area contributed by atoms with Gasteiger partial charge in [0.25, 0.3) is 0 Å². The van der Waals surface area contributed by atoms with Crippen LogP contribution in [0.5, 0.6) is 0 Å². The summed E-state index contributed by atoms with van der Waals surface area (Å²) in [4.78, 5) is 4.39. The summed E-state index contributed by atoms with van der Waals surface area (Å²) < 4.78 is 28.9. The van der Waals surface area contributed by atoms with Gasteiger partial charge in [0.15, 0.2) is 0 Å². The summed E-state index contributed by atoms with van der Waals surface area (Å²) in [6, 6.07) is 6.49. The van der Waals surface area contributed by atoms with Crippen LogP contribution in [0.15, 0.2) is 41.6 Å². The molecule has 1 aromatic heterocycles. The van der Waals surface area contributed by atoms with Gasteiger partial charge in [-0.2, -0.15) is 0 Å². The number of hydrogen-bond donors (Lipinski definition) is 2. The monoisotopic (exact) mass is 308 g/mol. The van der Waals surface area contributed by atoms with Crippen molar-refractivity contribution in [3.05, 3.63) is 48.0 Å². The number of rotatable bonds is 6. The molecule has 0 fully saturated rings. The normalized spacial score (nSPS) is 13.3. The fourth-order valence-corrected chi connectivity index (χ4v) is 3.07. The Hall–Kier alpha value is -1.70. The zero-order valence-corrected chi connectivity index (χ0v) is 13.0. The van der Waals surface area contributed by atoms with Crippen LogP contribution in [0.25, 0.3) is 0 Å². The summed E-state index contributed by atoms with van der Waals surface area (Å²) in [5, 5.41) is 0. The maximum Gasteiger partial charge on any atom is 0.240 e. The van der Waals surface area contributed by atoms with Crippen molar-refractivity contribution in [3.8, 4) is 0 Å². The molecule has 1 aromatic carbocycles. The van der Waals surface area contributed by atoms with E-state index in [1.54, 1.807) is 24.4 Å². The highest BCUT2D eigenvalue weighted by atomic mass is 32.2. The Labute approximate surface area is 125 Å². The van der Waals surface area contributed by atoms with E-state index in [-0.39, 0.29) is 10.9 Å². The number of hydrogen-bond acceptors (Lipinski definition) is 4. The number of nitrogens with zero attached hydrogens (tertiary/aromatic N) is 2. The van der Waals surface area contributed by atoms with Crippen molar-refractivity contribution in [1.82, 2.24) is 14.3 Å². The van der Waals surface area contributed by atoms with Crippen molar-refractivity contribution in [3.63, 3.8) is 0 Å². The van der Waals surface area contributed by atoms with Crippen LogP contribution in [0.1, 0.15) is 24.4 Å². The van der Waals surface area contributed by atoms with Gasteiger partial charge in [-0.25, -0.2) is 18.1 Å². The second-order valence-electron chi connectivity index (χ2n) is 4.96. The van der Waals surface area contributed by atoms with Gasteiger partial charge >= 0.3 is 0 Å². The van der Waals surface area contributed by atoms with Crippen LogP contribution in [0.3, 0.4) is 0 Å². The Kier molecular flexibility index (Phi) is 4.76. The highest BCUT2D eigenvalue weighted by molar-refractivity contribution is 7.89. The number of nitrogens with two attached hydrogens (primary N) is 1. The molecule has 3 N–H and O–H groups in total. The van der Waals surface area contributed by atoms with Crippen molar-refractivity contribution in [2.45, 2.75) is 24.3 Å². The van der Waals surface area contributed by atoms with E-state index in [0.29, 0.717) is 13.0 Å². The van der Waals surface area contributed by atoms with Gasteiger partial charge in [-0.05, 0) is 24.6 Å². The van der Waals surface area contributed by atoms with Crippen LogP contribution >= 0.6 is 0 Å². The third-order valence-electron chi connectivity index (χ3n) is 3.26. The molecule has 2 rings (SSSR count). The van der Waals surface area contributed by atoms with Crippen molar-refractivity contribution >= 4 is 10.0 Å². The highest BCUT2D eigenvalue weighted by Crippen LogP contribution is 2.15. The van der Waals surface area contributed by atoms with Crippen molar-refractivity contribution in [2.75, 3.05) is 6.54 Å². The topological polar surface area (TPSA) is 90.0 Å². The maximum absolute atomic E-state index is 12.2. The summed E-state index contributed by atoms with van der Waals surface area (Å²) in [5.41, 5.74) is 6.57. The lowest BCUT2D eigenvalue weighted by molar-refractivity contribution is 0.579. The molecule has 0 spiro atoms. The number of benzene rings is 1. The minimum atomic E-state index is -3.52. The summed E-state index contributed by atoms with van der Waals surface area (Å²) in [7, 11) is -1.65. The van der Waals surface area contributed by atoms with Crippen LogP contribution in [0, 0.1) is 0 Å². The third-order valence-corrected chi connectivity index (χ3v) is 4.71. The average Bonchev–Trinajstić information content (AvgIpc) is 2.84. The third kappa shape index (κ3) is 3.90. The van der Waals surface area contributed by atoms with Gasteiger partial charge in [-0.3, -0.25) is 0 Å². The van der Waals surface area contributed by atoms with E-state index in [4.69, 9.17) is 5.73 Å². The summed E-state index contributed by atoms with van der Waals surface area (Å²) in [6.45, 7) is 2.12. The van der Waals surface area contributed by atoms with Crippen molar-refractivity contribution in [2.24, 2.45) is 12.8 Å². The van der Waals surface area contributed by atoms with Crippen LogP contribution in [0.2, 0.25) is 0 Å². The molecule has 1 unspecified atom stereocenters. The first-order valence-electron chi connectivity index (χ1n) is 6.71. The fraction of sp³-hybridized carbons (Fsp3) is 0.357. The largest absolute Gasteiger partial charge is 0.338 e. The van der Waals surface area contributed by atoms with E-state index >= 15 is 0 Å². The summed E-state index contributed by atoms with van der Waals surface area (Å²) in [5.74, 6) is 0.835. The zero-order chi connectivity index (χ0) is 15.5. The Morgan fingerprint density at radius 3 is 2.81 bits per heavy atom. The van der Waals surface area contributed by atoms with Gasteiger partial charge in [0.1, 0.15) is 5.82 Å². The second-order valence-corrected chi connectivity index (χ2v) is 6.73. The molecule has 114 valence electrons. The molecule has 6 nitrogen and oxygen atoms in total. The van der Waals surface area contributed by atoms with Gasteiger partial charge < -0.3 is 10.3 Å². The molecular formula is C14H20N4O2S. The number of nitrogens with one attached hydrogen (secondary N) is 1. The molecule has 1 heterocycles. The maximum atomic E-state index is 12.2. The first-order chi connectivity index (χ1) is 9.90. The first kappa shape index (κ1) is 15.7. The van der Waals surface area contributed by atoms with Gasteiger partial charge in [0.2, 0.25) is 10.0 Å². The quantitative estimate of drug-likeness (QED) is 0.831. The molecular weight excluding hydrogens is 288 g/mol. The Bertz CT molecular complexity index is 707. The number of sulfonamides is 1. The lowest BCUT2D eigenvalue weighted by Crippen LogP contribution is -2.26. The molecule has 0 aliphatic rings. The number of aromatic nitrogens is 2. The molecule has 0 saturated heterocycles. The van der Waals surface area contributed by atoms with E-state index in [0.717, 1.165) is 11.4 Å². The summed E-state index contributed by atoms with van der Waals surface area (Å²) >= 11 is 0. The van der Waals surface area contributed by atoms with Crippen molar-refractivity contribution < 1.29 is 8.42 Å². The molecule has 7 heteroatoms. The zero-order valence-electron chi connectivity index (χ0n) is 12.2. The van der Waals surface area contributed by atoms with Gasteiger partial charge in [0, 0.05) is 38.4 Å². The predicted molar refractivity (Wildman–Crippen MR) is 81.1 cm³/mol. The Morgan fingerprint density at radius 1 is 1.43 bits per heavy atom. The molecule has 0 amide bonds. The number of imidazole rings is 1. The SMILES string of the molecule is CC(N)c1cccc(S(=O)(=O)NCCc2nccn2C)c1. The highest BCUT2D eigenvalue weighted by Gasteiger charge is 2.15. The number of aryl methyl sites for hydroxylation is 1.